The monoisotopic (exact) mass is 308 g/mol. The Hall–Kier alpha value is -2.19. The van der Waals surface area contributed by atoms with E-state index in [1.807, 2.05) is 0 Å². The minimum absolute atomic E-state index is 0.156. The first-order valence-corrected chi connectivity index (χ1v) is 5.95. The normalized spacial score (nSPS) is 11.3. The molecule has 0 radical (unpaired) electrons. The summed E-state index contributed by atoms with van der Waals surface area (Å²) < 4.78 is 50.6. The zero-order valence-electron chi connectivity index (χ0n) is 11.0. The first-order valence-electron chi connectivity index (χ1n) is 5.95. The molecule has 0 atom stereocenters. The van der Waals surface area contributed by atoms with Crippen LogP contribution in [0.15, 0.2) is 18.2 Å². The molecule has 0 unspecified atom stereocenters. The van der Waals surface area contributed by atoms with Gasteiger partial charge in [0.15, 0.2) is 0 Å². The van der Waals surface area contributed by atoms with E-state index in [0.717, 1.165) is 12.1 Å². The smallest absolute Gasteiger partial charge is 0.330 e. The molecule has 0 fully saturated rings. The number of hydrogen-bond acceptors (Lipinski definition) is 3. The predicted octanol–water partition coefficient (Wildman–Crippen LogP) is 3.15. The highest BCUT2D eigenvalue weighted by Gasteiger charge is 2.33. The van der Waals surface area contributed by atoms with E-state index in [1.54, 1.807) is 6.92 Å². The molecule has 0 heterocycles. The van der Waals surface area contributed by atoms with E-state index in [0.29, 0.717) is 11.0 Å². The maximum atomic E-state index is 13.4. The summed E-state index contributed by atoms with van der Waals surface area (Å²) in [6, 6.07) is 2.25. The molecule has 1 rings (SSSR count). The van der Waals surface area contributed by atoms with Gasteiger partial charge in [0.25, 0.3) is 5.91 Å². The molecule has 1 aromatic carbocycles. The van der Waals surface area contributed by atoms with Crippen LogP contribution >= 0.6 is 0 Å². The lowest BCUT2D eigenvalue weighted by Gasteiger charge is -2.23. The molecule has 0 saturated carbocycles. The van der Waals surface area contributed by atoms with Crippen molar-refractivity contribution in [2.45, 2.75) is 19.5 Å². The van der Waals surface area contributed by atoms with Crippen LogP contribution in [-0.2, 0) is 0 Å². The second-order valence-electron chi connectivity index (χ2n) is 4.27. The molecule has 0 aliphatic carbocycles. The number of nitro groups is 1. The van der Waals surface area contributed by atoms with Crippen molar-refractivity contribution in [3.8, 4) is 0 Å². The van der Waals surface area contributed by atoms with E-state index >= 15 is 0 Å². The molecule has 0 aromatic heterocycles. The zero-order valence-corrected chi connectivity index (χ0v) is 11.0. The molecule has 0 N–H and O–H groups in total. The third kappa shape index (κ3) is 4.69. The fourth-order valence-electron chi connectivity index (χ4n) is 1.71. The van der Waals surface area contributed by atoms with Gasteiger partial charge in [-0.25, -0.2) is 0 Å². The number of carbonyl (C=O) groups excluding carboxylic acids is 1. The van der Waals surface area contributed by atoms with Crippen molar-refractivity contribution in [2.75, 3.05) is 13.1 Å². The standard InChI is InChI=1S/C12H12F4N2O3/c1-2-5-17(7-12(14,15)16)11(19)8-3-4-10(18(20)21)9(13)6-8/h3-4,6H,2,5,7H2,1H3. The Labute approximate surface area is 117 Å². The van der Waals surface area contributed by atoms with Crippen LogP contribution in [0.1, 0.15) is 23.7 Å². The average molecular weight is 308 g/mol. The molecule has 0 bridgehead atoms. The Balaban J connectivity index is 3.04. The van der Waals surface area contributed by atoms with Crippen molar-refractivity contribution < 1.29 is 27.3 Å². The average Bonchev–Trinajstić information content (AvgIpc) is 2.35. The molecule has 116 valence electrons. The molecule has 0 saturated heterocycles. The lowest BCUT2D eigenvalue weighted by molar-refractivity contribution is -0.387. The molecular weight excluding hydrogens is 296 g/mol. The van der Waals surface area contributed by atoms with Crippen LogP contribution in [0.2, 0.25) is 0 Å². The summed E-state index contributed by atoms with van der Waals surface area (Å²) in [5.74, 6) is -2.29. The van der Waals surface area contributed by atoms with Crippen LogP contribution in [0.5, 0.6) is 0 Å². The number of alkyl halides is 3. The quantitative estimate of drug-likeness (QED) is 0.477. The van der Waals surface area contributed by atoms with E-state index in [4.69, 9.17) is 0 Å². The number of nitro benzene ring substituents is 1. The Bertz CT molecular complexity index is 546. The number of halogens is 4. The van der Waals surface area contributed by atoms with Crippen molar-refractivity contribution >= 4 is 11.6 Å². The fraction of sp³-hybridized carbons (Fsp3) is 0.417. The minimum Gasteiger partial charge on any atom is -0.330 e. The Kier molecular flexibility index (Phi) is 5.23. The number of nitrogens with zero attached hydrogens (tertiary/aromatic N) is 2. The van der Waals surface area contributed by atoms with Crippen molar-refractivity contribution in [3.63, 3.8) is 0 Å². The van der Waals surface area contributed by atoms with Gasteiger partial charge in [0.1, 0.15) is 6.54 Å². The molecule has 9 heteroatoms. The summed E-state index contributed by atoms with van der Waals surface area (Å²) in [6.07, 6.45) is -4.29. The molecule has 1 aromatic rings. The highest BCUT2D eigenvalue weighted by molar-refractivity contribution is 5.94. The third-order valence-electron chi connectivity index (χ3n) is 2.54. The Morgan fingerprint density at radius 2 is 2.00 bits per heavy atom. The van der Waals surface area contributed by atoms with Gasteiger partial charge in [-0.15, -0.1) is 0 Å². The van der Waals surface area contributed by atoms with Gasteiger partial charge in [0, 0.05) is 18.2 Å². The summed E-state index contributed by atoms with van der Waals surface area (Å²) in [6.45, 7) is -0.0255. The summed E-state index contributed by atoms with van der Waals surface area (Å²) in [7, 11) is 0. The predicted molar refractivity (Wildman–Crippen MR) is 65.3 cm³/mol. The maximum absolute atomic E-state index is 13.4. The van der Waals surface area contributed by atoms with Crippen molar-refractivity contribution in [2.24, 2.45) is 0 Å². The topological polar surface area (TPSA) is 63.5 Å². The SMILES string of the molecule is CCCN(CC(F)(F)F)C(=O)c1ccc([N+](=O)[O-])c(F)c1. The van der Waals surface area contributed by atoms with Gasteiger partial charge < -0.3 is 4.90 Å². The lowest BCUT2D eigenvalue weighted by Crippen LogP contribution is -2.39. The zero-order chi connectivity index (χ0) is 16.2. The van der Waals surface area contributed by atoms with Crippen LogP contribution in [0.4, 0.5) is 23.2 Å². The van der Waals surface area contributed by atoms with Crippen LogP contribution in [0.25, 0.3) is 0 Å². The van der Waals surface area contributed by atoms with Gasteiger partial charge in [-0.1, -0.05) is 6.92 Å². The van der Waals surface area contributed by atoms with Crippen molar-refractivity contribution in [3.05, 3.63) is 39.7 Å². The number of rotatable bonds is 5. The van der Waals surface area contributed by atoms with E-state index in [1.165, 1.54) is 0 Å². The second-order valence-corrected chi connectivity index (χ2v) is 4.27. The number of hydrogen-bond donors (Lipinski definition) is 0. The first-order chi connectivity index (χ1) is 9.65. The van der Waals surface area contributed by atoms with E-state index in [-0.39, 0.29) is 18.5 Å². The lowest BCUT2D eigenvalue weighted by atomic mass is 10.1. The molecule has 1 amide bonds. The molecule has 5 nitrogen and oxygen atoms in total. The molecule has 0 aliphatic rings. The molecule has 0 aliphatic heterocycles. The minimum atomic E-state index is -4.58. The molecule has 21 heavy (non-hydrogen) atoms. The summed E-state index contributed by atoms with van der Waals surface area (Å²) in [5.41, 5.74) is -1.21. The number of benzene rings is 1. The van der Waals surface area contributed by atoms with Crippen LogP contribution < -0.4 is 0 Å². The van der Waals surface area contributed by atoms with Crippen LogP contribution in [-0.4, -0.2) is 35.0 Å². The van der Waals surface area contributed by atoms with Gasteiger partial charge >= 0.3 is 11.9 Å². The highest BCUT2D eigenvalue weighted by atomic mass is 19.4. The van der Waals surface area contributed by atoms with Crippen LogP contribution in [0.3, 0.4) is 0 Å². The van der Waals surface area contributed by atoms with Gasteiger partial charge in [-0.05, 0) is 18.6 Å². The highest BCUT2D eigenvalue weighted by Crippen LogP contribution is 2.21. The largest absolute Gasteiger partial charge is 0.406 e. The fourth-order valence-corrected chi connectivity index (χ4v) is 1.71. The molecular formula is C12H12F4N2O3. The first kappa shape index (κ1) is 16.9. The van der Waals surface area contributed by atoms with E-state index in [2.05, 4.69) is 0 Å². The van der Waals surface area contributed by atoms with Crippen molar-refractivity contribution in [1.82, 2.24) is 4.90 Å². The Morgan fingerprint density at radius 1 is 1.38 bits per heavy atom. The van der Waals surface area contributed by atoms with Crippen LogP contribution in [0, 0.1) is 15.9 Å². The number of carbonyl (C=O) groups is 1. The van der Waals surface area contributed by atoms with E-state index < -0.39 is 35.1 Å². The molecule has 0 spiro atoms. The summed E-state index contributed by atoms with van der Waals surface area (Å²) in [5, 5.41) is 10.4. The second kappa shape index (κ2) is 6.51. The number of amides is 1. The Morgan fingerprint density at radius 3 is 2.43 bits per heavy atom. The van der Waals surface area contributed by atoms with Gasteiger partial charge in [0.2, 0.25) is 5.82 Å². The van der Waals surface area contributed by atoms with Gasteiger partial charge in [0.05, 0.1) is 4.92 Å². The maximum Gasteiger partial charge on any atom is 0.406 e. The summed E-state index contributed by atoms with van der Waals surface area (Å²) in [4.78, 5) is 21.9. The van der Waals surface area contributed by atoms with Gasteiger partial charge in [-0.3, -0.25) is 14.9 Å². The van der Waals surface area contributed by atoms with E-state index in [9.17, 15) is 32.5 Å². The van der Waals surface area contributed by atoms with Gasteiger partial charge in [-0.2, -0.15) is 17.6 Å². The summed E-state index contributed by atoms with van der Waals surface area (Å²) >= 11 is 0. The third-order valence-corrected chi connectivity index (χ3v) is 2.54. The van der Waals surface area contributed by atoms with Crippen molar-refractivity contribution in [1.29, 1.82) is 0 Å².